The number of rotatable bonds is 1. The molecule has 1 saturated heterocycles. The molecule has 0 aromatic rings. The molecule has 1 rings (SSSR count). The third-order valence-electron chi connectivity index (χ3n) is 1.22. The molecule has 0 bridgehead atoms. The summed E-state index contributed by atoms with van der Waals surface area (Å²) in [5.41, 5.74) is 0. The van der Waals surface area contributed by atoms with Crippen molar-refractivity contribution in [2.75, 3.05) is 13.1 Å². The van der Waals surface area contributed by atoms with Crippen LogP contribution in [-0.4, -0.2) is 24.3 Å². The highest BCUT2D eigenvalue weighted by atomic mass is 19.1. The molecule has 1 fully saturated rings. The summed E-state index contributed by atoms with van der Waals surface area (Å²) in [7, 11) is 0. The fourth-order valence-corrected chi connectivity index (χ4v) is 0.775. The topological polar surface area (TPSA) is 32.7 Å². The van der Waals surface area contributed by atoms with Crippen molar-refractivity contribution in [2.24, 2.45) is 5.29 Å². The second kappa shape index (κ2) is 2.07. The Kier molecular flexibility index (Phi) is 1.41. The maximum atomic E-state index is 12.1. The highest BCUT2D eigenvalue weighted by molar-refractivity contribution is 4.70. The predicted octanol–water partition coefficient (Wildman–Crippen LogP) is 0.712. The van der Waals surface area contributed by atoms with Crippen LogP contribution >= 0.6 is 0 Å². The fraction of sp³-hybridized carbons (Fsp3) is 1.00. The summed E-state index contributed by atoms with van der Waals surface area (Å²) in [4.78, 5) is 9.66. The summed E-state index contributed by atoms with van der Waals surface area (Å²) in [6.07, 6.45) is -0.390. The second-order valence-electron chi connectivity index (χ2n) is 1.88. The number of hydrogen-bond donors (Lipinski definition) is 0. The molecule has 1 aliphatic heterocycles. The van der Waals surface area contributed by atoms with Gasteiger partial charge in [0.25, 0.3) is 0 Å². The highest BCUT2D eigenvalue weighted by Gasteiger charge is 2.20. The molecular weight excluding hydrogens is 111 g/mol. The molecule has 1 atom stereocenters. The first-order valence-electron chi connectivity index (χ1n) is 2.55. The lowest BCUT2D eigenvalue weighted by Gasteiger charge is -2.00. The quantitative estimate of drug-likeness (QED) is 0.475. The molecule has 0 saturated carbocycles. The molecule has 0 N–H and O–H groups in total. The van der Waals surface area contributed by atoms with Gasteiger partial charge in [0.2, 0.25) is 0 Å². The van der Waals surface area contributed by atoms with Crippen molar-refractivity contribution in [2.45, 2.75) is 12.6 Å². The maximum Gasteiger partial charge on any atom is 0.121 e. The minimum Gasteiger partial charge on any atom is -0.258 e. The van der Waals surface area contributed by atoms with Gasteiger partial charge in [0.1, 0.15) is 6.17 Å². The van der Waals surface area contributed by atoms with Crippen LogP contribution in [0.3, 0.4) is 0 Å². The van der Waals surface area contributed by atoms with E-state index in [4.69, 9.17) is 0 Å². The van der Waals surface area contributed by atoms with Crippen LogP contribution in [0, 0.1) is 4.91 Å². The van der Waals surface area contributed by atoms with Gasteiger partial charge in [-0.1, -0.05) is 0 Å². The molecule has 0 spiro atoms. The van der Waals surface area contributed by atoms with E-state index in [-0.39, 0.29) is 6.54 Å². The van der Waals surface area contributed by atoms with E-state index < -0.39 is 6.17 Å². The van der Waals surface area contributed by atoms with Crippen LogP contribution in [0.4, 0.5) is 4.39 Å². The van der Waals surface area contributed by atoms with Gasteiger partial charge in [-0.15, -0.1) is 4.91 Å². The molecule has 0 aromatic carbocycles. The lowest BCUT2D eigenvalue weighted by molar-refractivity contribution is 0.295. The van der Waals surface area contributed by atoms with E-state index in [9.17, 15) is 9.30 Å². The van der Waals surface area contributed by atoms with Gasteiger partial charge in [-0.3, -0.25) is 5.01 Å². The number of halogens is 1. The zero-order chi connectivity index (χ0) is 5.98. The first-order chi connectivity index (χ1) is 3.83. The molecule has 0 aliphatic carbocycles. The summed E-state index contributed by atoms with van der Waals surface area (Å²) < 4.78 is 12.1. The molecular formula is C4H7FN2O. The van der Waals surface area contributed by atoms with E-state index in [0.717, 1.165) is 0 Å². The van der Waals surface area contributed by atoms with Crippen LogP contribution < -0.4 is 0 Å². The molecule has 0 aromatic heterocycles. The molecule has 8 heavy (non-hydrogen) atoms. The Morgan fingerprint density at radius 2 is 2.50 bits per heavy atom. The number of nitrogens with zero attached hydrogens (tertiary/aromatic N) is 2. The molecule has 0 amide bonds. The minimum atomic E-state index is -0.840. The normalized spacial score (nSPS) is 28.6. The Hall–Kier alpha value is -0.670. The first kappa shape index (κ1) is 5.47. The Morgan fingerprint density at radius 1 is 1.75 bits per heavy atom. The molecule has 46 valence electrons. The molecule has 1 heterocycles. The van der Waals surface area contributed by atoms with Crippen molar-refractivity contribution < 1.29 is 4.39 Å². The van der Waals surface area contributed by atoms with Crippen LogP contribution in [0.2, 0.25) is 0 Å². The lowest BCUT2D eigenvalue weighted by Crippen LogP contribution is -2.12. The van der Waals surface area contributed by atoms with Gasteiger partial charge in [0.05, 0.1) is 11.8 Å². The van der Waals surface area contributed by atoms with Gasteiger partial charge in [-0.25, -0.2) is 4.39 Å². The van der Waals surface area contributed by atoms with Crippen molar-refractivity contribution in [1.82, 2.24) is 5.01 Å². The number of hydrogen-bond acceptors (Lipinski definition) is 2. The van der Waals surface area contributed by atoms with E-state index in [1.165, 1.54) is 5.01 Å². The summed E-state index contributed by atoms with van der Waals surface area (Å²) in [5.74, 6) is 0. The third-order valence-corrected chi connectivity index (χ3v) is 1.22. The van der Waals surface area contributed by atoms with Gasteiger partial charge in [-0.05, 0) is 6.42 Å². The summed E-state index contributed by atoms with van der Waals surface area (Å²) in [6, 6.07) is 0. The van der Waals surface area contributed by atoms with Crippen molar-refractivity contribution in [1.29, 1.82) is 0 Å². The standard InChI is InChI=1S/C4H7FN2O/c5-4-1-2-7(3-4)6-8/h4H,1-3H2/t4-/m1/s1. The summed E-state index contributed by atoms with van der Waals surface area (Å²) in [5, 5.41) is 3.78. The van der Waals surface area contributed by atoms with E-state index in [1.807, 2.05) is 0 Å². The smallest absolute Gasteiger partial charge is 0.121 e. The van der Waals surface area contributed by atoms with Crippen LogP contribution in [0.1, 0.15) is 6.42 Å². The first-order valence-corrected chi connectivity index (χ1v) is 2.55. The van der Waals surface area contributed by atoms with Crippen LogP contribution in [0.15, 0.2) is 5.29 Å². The maximum absolute atomic E-state index is 12.1. The van der Waals surface area contributed by atoms with Gasteiger partial charge in [-0.2, -0.15) is 0 Å². The Bertz CT molecular complexity index is 98.0. The van der Waals surface area contributed by atoms with Crippen molar-refractivity contribution in [3.63, 3.8) is 0 Å². The molecule has 1 aliphatic rings. The van der Waals surface area contributed by atoms with E-state index in [2.05, 4.69) is 5.29 Å². The third kappa shape index (κ3) is 0.936. The molecule has 0 unspecified atom stereocenters. The Balaban J connectivity index is 2.32. The number of alkyl halides is 1. The average Bonchev–Trinajstić information content (AvgIpc) is 2.14. The van der Waals surface area contributed by atoms with Crippen molar-refractivity contribution in [3.8, 4) is 0 Å². The fourth-order valence-electron chi connectivity index (χ4n) is 0.775. The summed E-state index contributed by atoms with van der Waals surface area (Å²) >= 11 is 0. The Labute approximate surface area is 46.4 Å². The lowest BCUT2D eigenvalue weighted by atomic mass is 10.4. The van der Waals surface area contributed by atoms with Gasteiger partial charge >= 0.3 is 0 Å². The Morgan fingerprint density at radius 3 is 2.75 bits per heavy atom. The van der Waals surface area contributed by atoms with Crippen LogP contribution in [0.25, 0.3) is 0 Å². The van der Waals surface area contributed by atoms with Crippen molar-refractivity contribution in [3.05, 3.63) is 4.91 Å². The molecule has 3 nitrogen and oxygen atoms in total. The zero-order valence-electron chi connectivity index (χ0n) is 4.38. The predicted molar refractivity (Wildman–Crippen MR) is 26.9 cm³/mol. The minimum absolute atomic E-state index is 0.184. The SMILES string of the molecule is O=NN1CC[C@@H](F)C1. The number of nitroso groups, excluding NO2 is 1. The van der Waals surface area contributed by atoms with Gasteiger partial charge in [0, 0.05) is 6.54 Å². The monoisotopic (exact) mass is 118 g/mol. The second-order valence-corrected chi connectivity index (χ2v) is 1.88. The summed E-state index contributed by atoms with van der Waals surface area (Å²) in [6.45, 7) is 0.661. The highest BCUT2D eigenvalue weighted by Crippen LogP contribution is 2.11. The van der Waals surface area contributed by atoms with Crippen LogP contribution in [0.5, 0.6) is 0 Å². The molecule has 0 radical (unpaired) electrons. The average molecular weight is 118 g/mol. The van der Waals surface area contributed by atoms with Crippen LogP contribution in [-0.2, 0) is 0 Å². The van der Waals surface area contributed by atoms with E-state index in [0.29, 0.717) is 13.0 Å². The largest absolute Gasteiger partial charge is 0.258 e. The van der Waals surface area contributed by atoms with Gasteiger partial charge in [0.15, 0.2) is 0 Å². The van der Waals surface area contributed by atoms with E-state index >= 15 is 0 Å². The van der Waals surface area contributed by atoms with E-state index in [1.54, 1.807) is 0 Å². The zero-order valence-corrected chi connectivity index (χ0v) is 4.38. The van der Waals surface area contributed by atoms with Gasteiger partial charge < -0.3 is 0 Å². The molecule has 4 heteroatoms. The van der Waals surface area contributed by atoms with Crippen molar-refractivity contribution >= 4 is 0 Å².